The molecule has 3 rings (SSSR count). The summed E-state index contributed by atoms with van der Waals surface area (Å²) in [5.41, 5.74) is 0.912. The van der Waals surface area contributed by atoms with Crippen molar-refractivity contribution in [3.8, 4) is 0 Å². The number of carbonyl (C=O) groups is 1. The molecule has 1 saturated heterocycles. The third-order valence-electron chi connectivity index (χ3n) is 3.73. The first kappa shape index (κ1) is 13.7. The molecule has 2 aliphatic heterocycles. The van der Waals surface area contributed by atoms with E-state index < -0.39 is 0 Å². The first-order valence-corrected chi connectivity index (χ1v) is 7.96. The zero-order valence-corrected chi connectivity index (χ0v) is 12.4. The molecule has 2 aliphatic rings. The van der Waals surface area contributed by atoms with Crippen LogP contribution in [0, 0.1) is 0 Å². The molecule has 1 fully saturated rings. The van der Waals surface area contributed by atoms with Crippen LogP contribution >= 0.6 is 11.8 Å². The standard InChI is InChI=1S/C14H19N3O2S/c1-17-11-9-15-13(16-10-2-5-19-6-3-10)8-12(11)20-7-4-14(17)18/h8-10H,2-7H2,1H3,(H,15,16). The van der Waals surface area contributed by atoms with Gasteiger partial charge in [-0.2, -0.15) is 0 Å². The van der Waals surface area contributed by atoms with Gasteiger partial charge in [0.2, 0.25) is 5.91 Å². The molecule has 0 radical (unpaired) electrons. The van der Waals surface area contributed by atoms with E-state index in [2.05, 4.69) is 16.4 Å². The van der Waals surface area contributed by atoms with E-state index in [0.29, 0.717) is 12.5 Å². The van der Waals surface area contributed by atoms with Gasteiger partial charge >= 0.3 is 0 Å². The van der Waals surface area contributed by atoms with Crippen molar-refractivity contribution < 1.29 is 9.53 Å². The average Bonchev–Trinajstić information content (AvgIpc) is 2.60. The fourth-order valence-corrected chi connectivity index (χ4v) is 3.51. The molecule has 0 aromatic carbocycles. The fourth-order valence-electron chi connectivity index (χ4n) is 2.48. The lowest BCUT2D eigenvalue weighted by Crippen LogP contribution is -2.28. The van der Waals surface area contributed by atoms with Crippen molar-refractivity contribution in [1.29, 1.82) is 0 Å². The van der Waals surface area contributed by atoms with Crippen molar-refractivity contribution in [3.05, 3.63) is 12.3 Å². The number of aromatic nitrogens is 1. The van der Waals surface area contributed by atoms with E-state index in [-0.39, 0.29) is 5.91 Å². The maximum Gasteiger partial charge on any atom is 0.227 e. The lowest BCUT2D eigenvalue weighted by molar-refractivity contribution is -0.117. The zero-order valence-electron chi connectivity index (χ0n) is 11.6. The Morgan fingerprint density at radius 1 is 1.45 bits per heavy atom. The second-order valence-corrected chi connectivity index (χ2v) is 6.26. The summed E-state index contributed by atoms with van der Waals surface area (Å²) in [4.78, 5) is 19.1. The van der Waals surface area contributed by atoms with Gasteiger partial charge in [-0.3, -0.25) is 4.79 Å². The molecule has 0 spiro atoms. The monoisotopic (exact) mass is 293 g/mol. The van der Waals surface area contributed by atoms with Crippen LogP contribution < -0.4 is 10.2 Å². The number of anilines is 2. The molecular formula is C14H19N3O2S. The fraction of sp³-hybridized carbons (Fsp3) is 0.571. The van der Waals surface area contributed by atoms with Gasteiger partial charge in [0.15, 0.2) is 0 Å². The van der Waals surface area contributed by atoms with Gasteiger partial charge in [0.1, 0.15) is 5.82 Å². The maximum atomic E-state index is 11.8. The molecule has 0 unspecified atom stereocenters. The minimum absolute atomic E-state index is 0.156. The molecule has 20 heavy (non-hydrogen) atoms. The lowest BCUT2D eigenvalue weighted by atomic mass is 10.1. The van der Waals surface area contributed by atoms with E-state index in [0.717, 1.165) is 48.2 Å². The van der Waals surface area contributed by atoms with Crippen LogP contribution in [0.1, 0.15) is 19.3 Å². The second kappa shape index (κ2) is 6.01. The van der Waals surface area contributed by atoms with Gasteiger partial charge in [0.05, 0.1) is 11.9 Å². The Balaban J connectivity index is 1.78. The molecule has 0 saturated carbocycles. The molecule has 6 heteroatoms. The van der Waals surface area contributed by atoms with Crippen LogP contribution in [-0.4, -0.2) is 42.9 Å². The summed E-state index contributed by atoms with van der Waals surface area (Å²) < 4.78 is 5.36. The summed E-state index contributed by atoms with van der Waals surface area (Å²) in [7, 11) is 1.82. The number of hydrogen-bond donors (Lipinski definition) is 1. The first-order chi connectivity index (χ1) is 9.74. The summed E-state index contributed by atoms with van der Waals surface area (Å²) in [5.74, 6) is 1.88. The Morgan fingerprint density at radius 3 is 3.05 bits per heavy atom. The molecular weight excluding hydrogens is 274 g/mol. The Bertz CT molecular complexity index is 503. The number of thioether (sulfide) groups is 1. The number of nitrogens with zero attached hydrogens (tertiary/aromatic N) is 2. The Hall–Kier alpha value is -1.27. The highest BCUT2D eigenvalue weighted by Crippen LogP contribution is 2.34. The summed E-state index contributed by atoms with van der Waals surface area (Å²) in [6.07, 6.45) is 4.42. The first-order valence-electron chi connectivity index (χ1n) is 6.98. The minimum Gasteiger partial charge on any atom is -0.381 e. The van der Waals surface area contributed by atoms with Crippen LogP contribution in [0.4, 0.5) is 11.5 Å². The number of nitrogens with one attached hydrogen (secondary N) is 1. The largest absolute Gasteiger partial charge is 0.381 e. The lowest BCUT2D eigenvalue weighted by Gasteiger charge is -2.24. The Kier molecular flexibility index (Phi) is 4.12. The van der Waals surface area contributed by atoms with Crippen LogP contribution in [0.15, 0.2) is 17.2 Å². The van der Waals surface area contributed by atoms with Crippen molar-refractivity contribution in [2.24, 2.45) is 0 Å². The van der Waals surface area contributed by atoms with Crippen LogP contribution in [-0.2, 0) is 9.53 Å². The molecule has 5 nitrogen and oxygen atoms in total. The highest BCUT2D eigenvalue weighted by molar-refractivity contribution is 7.99. The highest BCUT2D eigenvalue weighted by Gasteiger charge is 2.21. The highest BCUT2D eigenvalue weighted by atomic mass is 32.2. The Labute approximate surface area is 123 Å². The van der Waals surface area contributed by atoms with Gasteiger partial charge in [-0.15, -0.1) is 11.8 Å². The molecule has 0 aliphatic carbocycles. The van der Waals surface area contributed by atoms with E-state index in [4.69, 9.17) is 4.74 Å². The molecule has 1 aromatic rings. The van der Waals surface area contributed by atoms with Crippen LogP contribution in [0.25, 0.3) is 0 Å². The van der Waals surface area contributed by atoms with Crippen LogP contribution in [0.3, 0.4) is 0 Å². The third kappa shape index (κ3) is 2.91. The molecule has 1 aromatic heterocycles. The van der Waals surface area contributed by atoms with E-state index in [9.17, 15) is 4.79 Å². The van der Waals surface area contributed by atoms with E-state index in [1.165, 1.54) is 0 Å². The molecule has 1 N–H and O–H groups in total. The molecule has 108 valence electrons. The summed E-state index contributed by atoms with van der Waals surface area (Å²) in [6.45, 7) is 1.63. The summed E-state index contributed by atoms with van der Waals surface area (Å²) >= 11 is 1.73. The molecule has 0 bridgehead atoms. The quantitative estimate of drug-likeness (QED) is 0.905. The van der Waals surface area contributed by atoms with Crippen molar-refractivity contribution in [3.63, 3.8) is 0 Å². The van der Waals surface area contributed by atoms with Crippen molar-refractivity contribution in [1.82, 2.24) is 4.98 Å². The predicted molar refractivity (Wildman–Crippen MR) is 80.5 cm³/mol. The Morgan fingerprint density at radius 2 is 2.25 bits per heavy atom. The number of pyridine rings is 1. The number of carbonyl (C=O) groups excluding carboxylic acids is 1. The number of ether oxygens (including phenoxy) is 1. The van der Waals surface area contributed by atoms with Gasteiger partial charge in [-0.1, -0.05) is 0 Å². The van der Waals surface area contributed by atoms with E-state index in [1.807, 2.05) is 7.05 Å². The second-order valence-electron chi connectivity index (χ2n) is 5.12. The number of amides is 1. The van der Waals surface area contributed by atoms with Crippen molar-refractivity contribution >= 4 is 29.2 Å². The topological polar surface area (TPSA) is 54.5 Å². The molecule has 1 amide bonds. The number of rotatable bonds is 2. The van der Waals surface area contributed by atoms with Gasteiger partial charge in [0.25, 0.3) is 0 Å². The van der Waals surface area contributed by atoms with E-state index in [1.54, 1.807) is 22.9 Å². The van der Waals surface area contributed by atoms with Crippen molar-refractivity contribution in [2.75, 3.05) is 36.2 Å². The van der Waals surface area contributed by atoms with Gasteiger partial charge < -0.3 is 15.0 Å². The normalized spacial score (nSPS) is 20.4. The number of fused-ring (bicyclic) bond motifs is 1. The number of hydrogen-bond acceptors (Lipinski definition) is 5. The third-order valence-corrected chi connectivity index (χ3v) is 4.77. The minimum atomic E-state index is 0.156. The zero-order chi connectivity index (χ0) is 13.9. The predicted octanol–water partition coefficient (Wildman–Crippen LogP) is 2.13. The van der Waals surface area contributed by atoms with Crippen molar-refractivity contribution in [2.45, 2.75) is 30.2 Å². The average molecular weight is 293 g/mol. The summed E-state index contributed by atoms with van der Waals surface area (Å²) in [5, 5.41) is 3.47. The SMILES string of the molecule is CN1C(=O)CCSc2cc(NC3CCOCC3)ncc21. The van der Waals surface area contributed by atoms with Gasteiger partial charge in [0, 0.05) is 43.4 Å². The smallest absolute Gasteiger partial charge is 0.227 e. The summed E-state index contributed by atoms with van der Waals surface area (Å²) in [6, 6.07) is 2.49. The van der Waals surface area contributed by atoms with E-state index >= 15 is 0 Å². The van der Waals surface area contributed by atoms with Gasteiger partial charge in [-0.05, 0) is 18.9 Å². The van der Waals surface area contributed by atoms with Crippen LogP contribution in [0.5, 0.6) is 0 Å². The maximum absolute atomic E-state index is 11.8. The molecule has 0 atom stereocenters. The van der Waals surface area contributed by atoms with Gasteiger partial charge in [-0.25, -0.2) is 4.98 Å². The molecule has 3 heterocycles. The van der Waals surface area contributed by atoms with Crippen LogP contribution in [0.2, 0.25) is 0 Å².